The van der Waals surface area contributed by atoms with Gasteiger partial charge >= 0.3 is 5.97 Å². The van der Waals surface area contributed by atoms with Crippen LogP contribution in [-0.4, -0.2) is 29.8 Å². The van der Waals surface area contributed by atoms with Gasteiger partial charge in [-0.05, 0) is 36.6 Å². The molecule has 0 fully saturated rings. The maximum Gasteiger partial charge on any atom is 0.307 e. The number of nitrogens with one attached hydrogen (secondary N) is 1. The van der Waals surface area contributed by atoms with Gasteiger partial charge in [-0.1, -0.05) is 0 Å². The smallest absolute Gasteiger partial charge is 0.307 e. The molecule has 0 saturated heterocycles. The Labute approximate surface area is 116 Å². The molecule has 6 heteroatoms. The highest BCUT2D eigenvalue weighted by molar-refractivity contribution is 5.73. The Morgan fingerprint density at radius 1 is 1.30 bits per heavy atom. The van der Waals surface area contributed by atoms with Crippen molar-refractivity contribution in [1.82, 2.24) is 5.32 Å². The van der Waals surface area contributed by atoms with Crippen LogP contribution >= 0.6 is 0 Å². The van der Waals surface area contributed by atoms with Crippen molar-refractivity contribution in [3.8, 4) is 11.5 Å². The first-order chi connectivity index (χ1) is 9.45. The predicted molar refractivity (Wildman–Crippen MR) is 70.9 cm³/mol. The minimum Gasteiger partial charge on any atom is -0.481 e. The standard InChI is InChI=1S/C14H17NO5/c1-8(15-9(2)16)3-10-4-12-13(20-7-19-12)5-11(10)6-14(17)18/h4-5,8H,3,6-7H2,1-2H3,(H,15,16)(H,17,18). The van der Waals surface area contributed by atoms with Crippen LogP contribution in [-0.2, 0) is 22.4 Å². The topological polar surface area (TPSA) is 84.9 Å². The lowest BCUT2D eigenvalue weighted by Gasteiger charge is -2.15. The van der Waals surface area contributed by atoms with E-state index < -0.39 is 5.97 Å². The summed E-state index contributed by atoms with van der Waals surface area (Å²) in [6.45, 7) is 3.47. The highest BCUT2D eigenvalue weighted by Gasteiger charge is 2.19. The van der Waals surface area contributed by atoms with E-state index in [-0.39, 0.29) is 25.2 Å². The van der Waals surface area contributed by atoms with Gasteiger partial charge in [-0.25, -0.2) is 0 Å². The number of ether oxygens (including phenoxy) is 2. The van der Waals surface area contributed by atoms with Crippen LogP contribution in [0, 0.1) is 0 Å². The maximum absolute atomic E-state index is 11.0. The van der Waals surface area contributed by atoms with Crippen LogP contribution in [0.5, 0.6) is 11.5 Å². The fourth-order valence-corrected chi connectivity index (χ4v) is 2.27. The van der Waals surface area contributed by atoms with Crippen LogP contribution in [0.2, 0.25) is 0 Å². The van der Waals surface area contributed by atoms with Crippen LogP contribution in [0.15, 0.2) is 12.1 Å². The number of benzene rings is 1. The molecular formula is C14H17NO5. The van der Waals surface area contributed by atoms with Crippen molar-refractivity contribution >= 4 is 11.9 Å². The summed E-state index contributed by atoms with van der Waals surface area (Å²) in [5, 5.41) is 11.8. The molecule has 1 aliphatic rings. The SMILES string of the molecule is CC(=O)NC(C)Cc1cc2c(cc1CC(=O)O)OCO2. The number of hydrogen-bond acceptors (Lipinski definition) is 4. The van der Waals surface area contributed by atoms with Crippen molar-refractivity contribution in [2.24, 2.45) is 0 Å². The van der Waals surface area contributed by atoms with Gasteiger partial charge in [0.2, 0.25) is 12.7 Å². The molecule has 108 valence electrons. The fourth-order valence-electron chi connectivity index (χ4n) is 2.27. The summed E-state index contributed by atoms with van der Waals surface area (Å²) < 4.78 is 10.6. The largest absolute Gasteiger partial charge is 0.481 e. The third-order valence-electron chi connectivity index (χ3n) is 3.01. The number of rotatable bonds is 5. The van der Waals surface area contributed by atoms with Crippen LogP contribution in [0.3, 0.4) is 0 Å². The normalized spacial score (nSPS) is 13.9. The predicted octanol–water partition coefficient (Wildman–Crippen LogP) is 1.11. The molecule has 0 bridgehead atoms. The number of hydrogen-bond donors (Lipinski definition) is 2. The summed E-state index contributed by atoms with van der Waals surface area (Å²) in [5.74, 6) is 0.164. The summed E-state index contributed by atoms with van der Waals surface area (Å²) in [7, 11) is 0. The zero-order valence-corrected chi connectivity index (χ0v) is 11.4. The third kappa shape index (κ3) is 3.40. The second-order valence-corrected chi connectivity index (χ2v) is 4.85. The number of aliphatic carboxylic acids is 1. The highest BCUT2D eigenvalue weighted by atomic mass is 16.7. The summed E-state index contributed by atoms with van der Waals surface area (Å²) in [6, 6.07) is 3.41. The summed E-state index contributed by atoms with van der Waals surface area (Å²) in [4.78, 5) is 22.0. The second-order valence-electron chi connectivity index (χ2n) is 4.85. The Balaban J connectivity index is 2.24. The summed E-state index contributed by atoms with van der Waals surface area (Å²) in [6.07, 6.45) is 0.456. The molecule has 0 saturated carbocycles. The van der Waals surface area contributed by atoms with Crippen molar-refractivity contribution in [2.45, 2.75) is 32.7 Å². The minimum absolute atomic E-state index is 0.0829. The van der Waals surface area contributed by atoms with E-state index in [0.29, 0.717) is 23.5 Å². The Kier molecular flexibility index (Phi) is 4.12. The Morgan fingerprint density at radius 2 is 1.90 bits per heavy atom. The summed E-state index contributed by atoms with van der Waals surface area (Å²) >= 11 is 0. The molecule has 1 unspecified atom stereocenters. The van der Waals surface area contributed by atoms with Crippen molar-refractivity contribution in [2.75, 3.05) is 6.79 Å². The summed E-state index contributed by atoms with van der Waals surface area (Å²) in [5.41, 5.74) is 1.52. The van der Waals surface area contributed by atoms with Gasteiger partial charge in [-0.2, -0.15) is 0 Å². The zero-order valence-electron chi connectivity index (χ0n) is 11.4. The number of fused-ring (bicyclic) bond motifs is 1. The molecular weight excluding hydrogens is 262 g/mol. The highest BCUT2D eigenvalue weighted by Crippen LogP contribution is 2.35. The number of carboxylic acids is 1. The van der Waals surface area contributed by atoms with Gasteiger partial charge in [0, 0.05) is 13.0 Å². The lowest BCUT2D eigenvalue weighted by molar-refractivity contribution is -0.136. The van der Waals surface area contributed by atoms with Gasteiger partial charge in [0.1, 0.15) is 0 Å². The maximum atomic E-state index is 11.0. The molecule has 1 heterocycles. The van der Waals surface area contributed by atoms with Crippen molar-refractivity contribution in [1.29, 1.82) is 0 Å². The Hall–Kier alpha value is -2.24. The van der Waals surface area contributed by atoms with Gasteiger partial charge in [0.15, 0.2) is 11.5 Å². The minimum atomic E-state index is -0.905. The molecule has 2 rings (SSSR count). The number of amides is 1. The second kappa shape index (κ2) is 5.81. The van der Waals surface area contributed by atoms with E-state index >= 15 is 0 Å². The van der Waals surface area contributed by atoms with Crippen LogP contribution in [0.1, 0.15) is 25.0 Å². The first kappa shape index (κ1) is 14.2. The van der Waals surface area contributed by atoms with E-state index in [1.54, 1.807) is 12.1 Å². The van der Waals surface area contributed by atoms with E-state index in [0.717, 1.165) is 5.56 Å². The fraction of sp³-hybridized carbons (Fsp3) is 0.429. The van der Waals surface area contributed by atoms with E-state index in [9.17, 15) is 9.59 Å². The first-order valence-corrected chi connectivity index (χ1v) is 6.36. The molecule has 1 atom stereocenters. The van der Waals surface area contributed by atoms with Gasteiger partial charge in [0.05, 0.1) is 6.42 Å². The molecule has 2 N–H and O–H groups in total. The zero-order chi connectivity index (χ0) is 14.7. The lowest BCUT2D eigenvalue weighted by Crippen LogP contribution is -2.32. The van der Waals surface area contributed by atoms with Gasteiger partial charge in [-0.15, -0.1) is 0 Å². The Morgan fingerprint density at radius 3 is 2.45 bits per heavy atom. The molecule has 1 amide bonds. The molecule has 6 nitrogen and oxygen atoms in total. The van der Waals surface area contributed by atoms with Gasteiger partial charge in [0.25, 0.3) is 0 Å². The average molecular weight is 279 g/mol. The monoisotopic (exact) mass is 279 g/mol. The van der Waals surface area contributed by atoms with E-state index in [4.69, 9.17) is 14.6 Å². The van der Waals surface area contributed by atoms with Crippen LogP contribution in [0.4, 0.5) is 0 Å². The molecule has 20 heavy (non-hydrogen) atoms. The number of carbonyl (C=O) groups is 2. The molecule has 0 radical (unpaired) electrons. The molecule has 1 aromatic carbocycles. The van der Waals surface area contributed by atoms with Gasteiger partial charge in [-0.3, -0.25) is 9.59 Å². The average Bonchev–Trinajstić information content (AvgIpc) is 2.74. The van der Waals surface area contributed by atoms with Gasteiger partial charge < -0.3 is 19.9 Å². The quantitative estimate of drug-likeness (QED) is 0.843. The van der Waals surface area contributed by atoms with Crippen molar-refractivity contribution < 1.29 is 24.2 Å². The molecule has 1 aromatic rings. The lowest BCUT2D eigenvalue weighted by atomic mass is 9.98. The third-order valence-corrected chi connectivity index (χ3v) is 3.01. The van der Waals surface area contributed by atoms with Crippen LogP contribution in [0.25, 0.3) is 0 Å². The van der Waals surface area contributed by atoms with Crippen LogP contribution < -0.4 is 14.8 Å². The van der Waals surface area contributed by atoms with Crippen molar-refractivity contribution in [3.05, 3.63) is 23.3 Å². The van der Waals surface area contributed by atoms with E-state index in [2.05, 4.69) is 5.32 Å². The van der Waals surface area contributed by atoms with E-state index in [1.807, 2.05) is 6.92 Å². The first-order valence-electron chi connectivity index (χ1n) is 6.36. The molecule has 0 spiro atoms. The number of carbonyl (C=O) groups excluding carboxylic acids is 1. The number of carboxylic acid groups (broad SMARTS) is 1. The van der Waals surface area contributed by atoms with E-state index in [1.165, 1.54) is 6.92 Å². The van der Waals surface area contributed by atoms with Crippen molar-refractivity contribution in [3.63, 3.8) is 0 Å². The Bertz CT molecular complexity index is 541. The molecule has 0 aliphatic carbocycles. The molecule has 1 aliphatic heterocycles. The molecule has 0 aromatic heterocycles.